The SMILES string of the molecule is CCCCCCOCC(C)COCCC(O)CO. The first-order valence-corrected chi connectivity index (χ1v) is 7.15. The first-order valence-electron chi connectivity index (χ1n) is 7.15. The lowest BCUT2D eigenvalue weighted by molar-refractivity contribution is 0.0202. The van der Waals surface area contributed by atoms with Gasteiger partial charge in [0, 0.05) is 19.1 Å². The van der Waals surface area contributed by atoms with Crippen LogP contribution in [-0.4, -0.2) is 49.4 Å². The Kier molecular flexibility index (Phi) is 13.2. The van der Waals surface area contributed by atoms with Crippen LogP contribution in [0.4, 0.5) is 0 Å². The average Bonchev–Trinajstić information content (AvgIpc) is 2.38. The third-order valence-electron chi connectivity index (χ3n) is 2.75. The monoisotopic (exact) mass is 262 g/mol. The maximum absolute atomic E-state index is 9.11. The summed E-state index contributed by atoms with van der Waals surface area (Å²) in [5.41, 5.74) is 0. The number of hydrogen-bond donors (Lipinski definition) is 2. The van der Waals surface area contributed by atoms with Crippen molar-refractivity contribution >= 4 is 0 Å². The second-order valence-corrected chi connectivity index (χ2v) is 4.94. The Bertz CT molecular complexity index is 164. The van der Waals surface area contributed by atoms with Crippen LogP contribution in [0.3, 0.4) is 0 Å². The van der Waals surface area contributed by atoms with Crippen molar-refractivity contribution in [3.8, 4) is 0 Å². The predicted molar refractivity (Wildman–Crippen MR) is 72.7 cm³/mol. The molecule has 0 saturated heterocycles. The van der Waals surface area contributed by atoms with Crippen molar-refractivity contribution in [1.82, 2.24) is 0 Å². The van der Waals surface area contributed by atoms with Crippen molar-refractivity contribution in [2.45, 2.75) is 52.1 Å². The van der Waals surface area contributed by atoms with Crippen LogP contribution < -0.4 is 0 Å². The molecule has 0 aromatic carbocycles. The van der Waals surface area contributed by atoms with Gasteiger partial charge in [-0.25, -0.2) is 0 Å². The van der Waals surface area contributed by atoms with E-state index in [1.807, 2.05) is 0 Å². The molecule has 0 aromatic rings. The minimum absolute atomic E-state index is 0.195. The van der Waals surface area contributed by atoms with Gasteiger partial charge in [-0.05, 0) is 12.8 Å². The van der Waals surface area contributed by atoms with Gasteiger partial charge >= 0.3 is 0 Å². The molecule has 4 heteroatoms. The van der Waals surface area contributed by atoms with E-state index in [9.17, 15) is 0 Å². The summed E-state index contributed by atoms with van der Waals surface area (Å²) in [6.07, 6.45) is 4.76. The highest BCUT2D eigenvalue weighted by molar-refractivity contribution is 4.53. The summed E-state index contributed by atoms with van der Waals surface area (Å²) in [5, 5.41) is 17.7. The molecule has 0 aliphatic carbocycles. The van der Waals surface area contributed by atoms with Gasteiger partial charge in [0.05, 0.1) is 25.9 Å². The second kappa shape index (κ2) is 13.3. The van der Waals surface area contributed by atoms with Gasteiger partial charge in [-0.2, -0.15) is 0 Å². The molecule has 0 fully saturated rings. The van der Waals surface area contributed by atoms with E-state index in [0.29, 0.717) is 25.6 Å². The molecule has 0 bridgehead atoms. The van der Waals surface area contributed by atoms with Crippen molar-refractivity contribution < 1.29 is 19.7 Å². The van der Waals surface area contributed by atoms with Gasteiger partial charge in [-0.15, -0.1) is 0 Å². The van der Waals surface area contributed by atoms with Gasteiger partial charge in [0.1, 0.15) is 0 Å². The van der Waals surface area contributed by atoms with Gasteiger partial charge in [0.25, 0.3) is 0 Å². The van der Waals surface area contributed by atoms with Crippen LogP contribution in [-0.2, 0) is 9.47 Å². The summed E-state index contributed by atoms with van der Waals surface area (Å²) in [4.78, 5) is 0. The molecule has 0 spiro atoms. The Balaban J connectivity index is 3.19. The summed E-state index contributed by atoms with van der Waals surface area (Å²) < 4.78 is 11.0. The number of rotatable bonds is 13. The number of unbranched alkanes of at least 4 members (excludes halogenated alkanes) is 3. The van der Waals surface area contributed by atoms with E-state index in [0.717, 1.165) is 19.6 Å². The van der Waals surface area contributed by atoms with Crippen LogP contribution in [0.5, 0.6) is 0 Å². The summed E-state index contributed by atoms with van der Waals surface area (Å²) >= 11 is 0. The first-order chi connectivity index (χ1) is 8.70. The molecule has 0 aliphatic rings. The highest BCUT2D eigenvalue weighted by atomic mass is 16.5. The van der Waals surface area contributed by atoms with E-state index in [-0.39, 0.29) is 6.61 Å². The van der Waals surface area contributed by atoms with Crippen molar-refractivity contribution in [3.63, 3.8) is 0 Å². The standard InChI is InChI=1S/C14H30O4/c1-3-4-5-6-8-17-11-13(2)12-18-9-7-14(16)10-15/h13-16H,3-12H2,1-2H3. The number of ether oxygens (including phenoxy) is 2. The molecule has 2 unspecified atom stereocenters. The smallest absolute Gasteiger partial charge is 0.0792 e. The zero-order valence-corrected chi connectivity index (χ0v) is 11.9. The molecule has 2 N–H and O–H groups in total. The molecule has 0 heterocycles. The Morgan fingerprint density at radius 2 is 1.67 bits per heavy atom. The quantitative estimate of drug-likeness (QED) is 0.498. The molecule has 0 aromatic heterocycles. The lowest BCUT2D eigenvalue weighted by atomic mass is 10.2. The molecule has 0 radical (unpaired) electrons. The lowest BCUT2D eigenvalue weighted by Crippen LogP contribution is -2.18. The predicted octanol–water partition coefficient (Wildman–Crippen LogP) is 1.98. The van der Waals surface area contributed by atoms with Crippen LogP contribution in [0.2, 0.25) is 0 Å². The van der Waals surface area contributed by atoms with Gasteiger partial charge in [-0.3, -0.25) is 0 Å². The maximum Gasteiger partial charge on any atom is 0.0792 e. The van der Waals surface area contributed by atoms with Crippen LogP contribution in [0, 0.1) is 5.92 Å². The number of aliphatic hydroxyl groups excluding tert-OH is 2. The van der Waals surface area contributed by atoms with Crippen molar-refractivity contribution in [3.05, 3.63) is 0 Å². The van der Waals surface area contributed by atoms with Gasteiger partial charge in [0.2, 0.25) is 0 Å². The Hall–Kier alpha value is -0.160. The molecule has 110 valence electrons. The fourth-order valence-corrected chi connectivity index (χ4v) is 1.56. The molecule has 0 amide bonds. The third-order valence-corrected chi connectivity index (χ3v) is 2.75. The largest absolute Gasteiger partial charge is 0.394 e. The van der Waals surface area contributed by atoms with Crippen LogP contribution in [0.25, 0.3) is 0 Å². The van der Waals surface area contributed by atoms with Crippen molar-refractivity contribution in [1.29, 1.82) is 0 Å². The minimum atomic E-state index is -0.657. The molecule has 18 heavy (non-hydrogen) atoms. The molecule has 2 atom stereocenters. The van der Waals surface area contributed by atoms with E-state index >= 15 is 0 Å². The topological polar surface area (TPSA) is 58.9 Å². The summed E-state index contributed by atoms with van der Waals surface area (Å²) in [5.74, 6) is 0.377. The van der Waals surface area contributed by atoms with Gasteiger partial charge in [0.15, 0.2) is 0 Å². The highest BCUT2D eigenvalue weighted by Crippen LogP contribution is 2.02. The molecular formula is C14H30O4. The Morgan fingerprint density at radius 1 is 1.00 bits per heavy atom. The maximum atomic E-state index is 9.11. The molecule has 0 aliphatic heterocycles. The Morgan fingerprint density at radius 3 is 2.28 bits per heavy atom. The Labute approximate surface area is 111 Å². The van der Waals surface area contributed by atoms with Gasteiger partial charge in [-0.1, -0.05) is 33.1 Å². The zero-order chi connectivity index (χ0) is 13.6. The lowest BCUT2D eigenvalue weighted by Gasteiger charge is -2.13. The first kappa shape index (κ1) is 17.8. The van der Waals surface area contributed by atoms with E-state index in [2.05, 4.69) is 13.8 Å². The second-order valence-electron chi connectivity index (χ2n) is 4.94. The fraction of sp³-hybridized carbons (Fsp3) is 1.00. The van der Waals surface area contributed by atoms with E-state index in [1.165, 1.54) is 19.3 Å². The fourth-order valence-electron chi connectivity index (χ4n) is 1.56. The van der Waals surface area contributed by atoms with Crippen LogP contribution in [0.15, 0.2) is 0 Å². The van der Waals surface area contributed by atoms with Crippen LogP contribution >= 0.6 is 0 Å². The van der Waals surface area contributed by atoms with E-state index < -0.39 is 6.10 Å². The minimum Gasteiger partial charge on any atom is -0.394 e. The molecular weight excluding hydrogens is 232 g/mol. The van der Waals surface area contributed by atoms with Gasteiger partial charge < -0.3 is 19.7 Å². The van der Waals surface area contributed by atoms with E-state index in [1.54, 1.807) is 0 Å². The van der Waals surface area contributed by atoms with Crippen molar-refractivity contribution in [2.75, 3.05) is 33.0 Å². The summed E-state index contributed by atoms with van der Waals surface area (Å²) in [7, 11) is 0. The van der Waals surface area contributed by atoms with E-state index in [4.69, 9.17) is 19.7 Å². The number of aliphatic hydroxyl groups is 2. The summed E-state index contributed by atoms with van der Waals surface area (Å²) in [6.45, 7) is 6.81. The third kappa shape index (κ3) is 12.3. The summed E-state index contributed by atoms with van der Waals surface area (Å²) in [6, 6.07) is 0. The molecule has 4 nitrogen and oxygen atoms in total. The average molecular weight is 262 g/mol. The molecule has 0 rings (SSSR count). The normalized spacial score (nSPS) is 14.7. The van der Waals surface area contributed by atoms with Crippen LogP contribution in [0.1, 0.15) is 46.0 Å². The zero-order valence-electron chi connectivity index (χ0n) is 11.9. The number of hydrogen-bond acceptors (Lipinski definition) is 4. The van der Waals surface area contributed by atoms with Crippen molar-refractivity contribution in [2.24, 2.45) is 5.92 Å². The molecule has 0 saturated carbocycles. The highest BCUT2D eigenvalue weighted by Gasteiger charge is 2.04.